The van der Waals surface area contributed by atoms with Gasteiger partial charge in [-0.25, -0.2) is 4.98 Å². The number of aromatic nitrogens is 1. The third-order valence-electron chi connectivity index (χ3n) is 6.38. The van der Waals surface area contributed by atoms with E-state index in [0.717, 1.165) is 25.0 Å². The van der Waals surface area contributed by atoms with Gasteiger partial charge in [-0.05, 0) is 51.6 Å². The number of aliphatic hydroxyl groups excluding tert-OH is 1. The summed E-state index contributed by atoms with van der Waals surface area (Å²) in [6.07, 6.45) is 6.68. The molecule has 164 valence electrons. The molecule has 2 aliphatic heterocycles. The zero-order valence-electron chi connectivity index (χ0n) is 18.0. The Morgan fingerprint density at radius 1 is 1.48 bits per heavy atom. The van der Waals surface area contributed by atoms with E-state index in [2.05, 4.69) is 10.3 Å². The normalized spacial score (nSPS) is 34.2. The van der Waals surface area contributed by atoms with E-state index in [1.807, 2.05) is 25.3 Å². The van der Waals surface area contributed by atoms with Crippen LogP contribution < -0.4 is 45.7 Å². The molecule has 0 spiro atoms. The van der Waals surface area contributed by atoms with Crippen LogP contribution in [0.2, 0.25) is 0 Å². The predicted molar refractivity (Wildman–Crippen MR) is 114 cm³/mol. The van der Waals surface area contributed by atoms with Crippen molar-refractivity contribution in [2.75, 3.05) is 5.73 Å². The molecule has 31 heavy (non-hydrogen) atoms. The number of nitrogen functional groups attached to an aromatic ring is 1. The molecule has 1 amide bonds. The summed E-state index contributed by atoms with van der Waals surface area (Å²) in [5.41, 5.74) is 6.74. The molecular weight excluding hydrogens is 447 g/mol. The maximum absolute atomic E-state index is 12.5. The second-order valence-corrected chi connectivity index (χ2v) is 11.5. The van der Waals surface area contributed by atoms with Gasteiger partial charge in [0.1, 0.15) is 11.4 Å². The fourth-order valence-corrected chi connectivity index (χ4v) is 7.15. The quantitative estimate of drug-likeness (QED) is 0.309. The molecule has 3 heterocycles. The van der Waals surface area contributed by atoms with Crippen molar-refractivity contribution in [1.29, 1.82) is 0 Å². The zero-order valence-corrected chi connectivity index (χ0v) is 21.6. The third kappa shape index (κ3) is 4.79. The van der Waals surface area contributed by atoms with Gasteiger partial charge >= 0.3 is 29.6 Å². The number of carbonyl (C=O) groups is 2. The molecule has 0 aromatic carbocycles. The van der Waals surface area contributed by atoms with Crippen molar-refractivity contribution >= 4 is 40.1 Å². The number of thioether (sulfide) groups is 1. The molecule has 4 N–H and O–H groups in total. The summed E-state index contributed by atoms with van der Waals surface area (Å²) in [6.45, 7) is 3.67. The van der Waals surface area contributed by atoms with Gasteiger partial charge < -0.3 is 31.0 Å². The van der Waals surface area contributed by atoms with E-state index in [1.54, 1.807) is 6.20 Å². The average molecular weight is 475 g/mol. The molecule has 1 aromatic rings. The maximum Gasteiger partial charge on any atom is 1.00 e. The fraction of sp³-hybridized carbons (Fsp3) is 0.650. The second kappa shape index (κ2) is 9.61. The SMILES string of the molecule is CC1(C)S[C@@H]2[C@H](N/C=C\CC3CCC(O)CC3c3csc(N)n3)C(=O)N2[C@H]1C(=O)[O-].[Na+]. The molecule has 3 unspecified atom stereocenters. The number of carbonyl (C=O) groups excluding carboxylic acids is 2. The standard InChI is InChI=1S/C20H28N4O4S2.Na/c1-20(2)15(18(27)28)24-16(26)14(17(24)30-20)22-7-3-4-10-5-6-11(25)8-12(10)13-9-29-19(21)23-13;/h3,7,9-12,14-15,17,22,25H,4-6,8H2,1-2H3,(H2,21,23)(H,27,28);/q;+1/p-1/b7-3-;/t10?,11?,12?,14-,15+,17-;/m1./s1. The number of aliphatic hydroxyl groups is 1. The molecule has 3 fully saturated rings. The van der Waals surface area contributed by atoms with Crippen molar-refractivity contribution < 1.29 is 49.4 Å². The first-order valence-electron chi connectivity index (χ1n) is 10.2. The van der Waals surface area contributed by atoms with Crippen LogP contribution in [0, 0.1) is 5.92 Å². The number of carboxylic acids is 1. The summed E-state index contributed by atoms with van der Waals surface area (Å²) in [4.78, 5) is 29.8. The van der Waals surface area contributed by atoms with Crippen molar-refractivity contribution in [1.82, 2.24) is 15.2 Å². The molecule has 1 saturated carbocycles. The number of fused-ring (bicyclic) bond motifs is 1. The van der Waals surface area contributed by atoms with Gasteiger partial charge in [-0.1, -0.05) is 6.08 Å². The van der Waals surface area contributed by atoms with Crippen molar-refractivity contribution in [2.45, 2.75) is 73.8 Å². The van der Waals surface area contributed by atoms with Crippen molar-refractivity contribution in [3.63, 3.8) is 0 Å². The van der Waals surface area contributed by atoms with Crippen LogP contribution in [0.5, 0.6) is 0 Å². The van der Waals surface area contributed by atoms with Gasteiger partial charge in [0, 0.05) is 16.0 Å². The van der Waals surface area contributed by atoms with E-state index in [1.165, 1.54) is 28.0 Å². The van der Waals surface area contributed by atoms with Crippen molar-refractivity contribution in [3.05, 3.63) is 23.3 Å². The minimum absolute atomic E-state index is 0. The summed E-state index contributed by atoms with van der Waals surface area (Å²) >= 11 is 2.91. The molecule has 6 atom stereocenters. The largest absolute Gasteiger partial charge is 1.00 e. The van der Waals surface area contributed by atoms with Crippen LogP contribution in [0.25, 0.3) is 0 Å². The number of β-lactam (4-membered cyclic amide) rings is 1. The van der Waals surface area contributed by atoms with Gasteiger partial charge in [-0.2, -0.15) is 0 Å². The zero-order chi connectivity index (χ0) is 21.6. The predicted octanol–water partition coefficient (Wildman–Crippen LogP) is -2.35. The van der Waals surface area contributed by atoms with E-state index in [-0.39, 0.29) is 52.9 Å². The monoisotopic (exact) mass is 474 g/mol. The number of anilines is 1. The Morgan fingerprint density at radius 3 is 2.87 bits per heavy atom. The number of hydrogen-bond donors (Lipinski definition) is 3. The van der Waals surface area contributed by atoms with E-state index < -0.39 is 22.8 Å². The number of aliphatic carboxylic acids is 1. The van der Waals surface area contributed by atoms with Crippen molar-refractivity contribution in [3.8, 4) is 0 Å². The molecule has 3 aliphatic rings. The molecule has 4 rings (SSSR count). The van der Waals surface area contributed by atoms with Crippen LogP contribution in [0.1, 0.15) is 51.1 Å². The Bertz CT molecular complexity index is 864. The maximum atomic E-state index is 12.5. The second-order valence-electron chi connectivity index (χ2n) is 8.81. The third-order valence-corrected chi connectivity index (χ3v) is 8.65. The summed E-state index contributed by atoms with van der Waals surface area (Å²) in [5.74, 6) is -0.884. The van der Waals surface area contributed by atoms with Crippen molar-refractivity contribution in [2.24, 2.45) is 5.92 Å². The van der Waals surface area contributed by atoms with Crippen LogP contribution in [0.15, 0.2) is 17.7 Å². The first kappa shape index (κ1) is 24.9. The minimum Gasteiger partial charge on any atom is -0.548 e. The number of allylic oxidation sites excluding steroid dienone is 1. The van der Waals surface area contributed by atoms with Gasteiger partial charge in [0.2, 0.25) is 5.91 Å². The summed E-state index contributed by atoms with van der Waals surface area (Å²) in [5, 5.41) is 27.0. The van der Waals surface area contributed by atoms with Gasteiger partial charge in [0.05, 0.1) is 23.8 Å². The number of nitrogens with zero attached hydrogens (tertiary/aromatic N) is 2. The van der Waals surface area contributed by atoms with Crippen LogP contribution in [-0.4, -0.2) is 55.2 Å². The first-order chi connectivity index (χ1) is 14.2. The van der Waals surface area contributed by atoms with E-state index in [4.69, 9.17) is 5.73 Å². The Morgan fingerprint density at radius 2 is 2.23 bits per heavy atom. The van der Waals surface area contributed by atoms with E-state index in [0.29, 0.717) is 17.5 Å². The molecule has 1 aromatic heterocycles. The molecule has 2 saturated heterocycles. The van der Waals surface area contributed by atoms with Crippen LogP contribution in [0.3, 0.4) is 0 Å². The molecule has 1 aliphatic carbocycles. The number of nitrogens with one attached hydrogen (secondary N) is 1. The van der Waals surface area contributed by atoms with Gasteiger partial charge in [-0.15, -0.1) is 23.1 Å². The minimum atomic E-state index is -1.20. The Labute approximate surface area is 212 Å². The topological polar surface area (TPSA) is 132 Å². The average Bonchev–Trinajstić information content (AvgIpc) is 3.21. The van der Waals surface area contributed by atoms with E-state index in [9.17, 15) is 19.8 Å². The summed E-state index contributed by atoms with van der Waals surface area (Å²) in [6, 6.07) is -1.32. The molecule has 11 heteroatoms. The number of carboxylic acid groups (broad SMARTS) is 1. The van der Waals surface area contributed by atoms with Crippen LogP contribution in [-0.2, 0) is 9.59 Å². The van der Waals surface area contributed by atoms with Crippen LogP contribution >= 0.6 is 23.1 Å². The van der Waals surface area contributed by atoms with Gasteiger partial charge in [-0.3, -0.25) is 4.79 Å². The van der Waals surface area contributed by atoms with Gasteiger partial charge in [0.25, 0.3) is 0 Å². The Kier molecular flexibility index (Phi) is 7.70. The number of amides is 1. The number of rotatable bonds is 6. The number of nitrogens with two attached hydrogens (primary N) is 1. The Balaban J connectivity index is 0.00000272. The fourth-order valence-electron chi connectivity index (χ4n) is 4.89. The van der Waals surface area contributed by atoms with E-state index >= 15 is 0 Å². The molecule has 0 radical (unpaired) electrons. The number of hydrogen-bond acceptors (Lipinski definition) is 9. The molecular formula is C20H27N4NaO4S2. The number of thiazole rings is 1. The first-order valence-corrected chi connectivity index (χ1v) is 12.0. The molecule has 0 bridgehead atoms. The molecule has 8 nitrogen and oxygen atoms in total. The van der Waals surface area contributed by atoms with Gasteiger partial charge in [0.15, 0.2) is 5.13 Å². The summed E-state index contributed by atoms with van der Waals surface area (Å²) < 4.78 is -0.579. The summed E-state index contributed by atoms with van der Waals surface area (Å²) in [7, 11) is 0. The van der Waals surface area contributed by atoms with Crippen LogP contribution in [0.4, 0.5) is 5.13 Å². The Hall–Kier alpha value is -0.780. The smallest absolute Gasteiger partial charge is 0.548 e.